The first kappa shape index (κ1) is 14.7. The van der Waals surface area contributed by atoms with E-state index in [9.17, 15) is 0 Å². The molecule has 0 aliphatic heterocycles. The van der Waals surface area contributed by atoms with Crippen LogP contribution in [0.15, 0.2) is 29.2 Å². The third-order valence-electron chi connectivity index (χ3n) is 2.95. The molecule has 20 heavy (non-hydrogen) atoms. The zero-order valence-electron chi connectivity index (χ0n) is 12.2. The predicted octanol–water partition coefficient (Wildman–Crippen LogP) is 4.00. The fourth-order valence-electron chi connectivity index (χ4n) is 1.64. The van der Waals surface area contributed by atoms with E-state index in [0.29, 0.717) is 17.5 Å². The standard InChI is InChI=1S/C15H19N3OS/c1-9(2)14-17-13(16)10(3)15(18-14)19-11-5-7-12(20-4)8-6-11/h5-9H,1-4H3,(H2,16,17,18). The van der Waals surface area contributed by atoms with E-state index in [1.54, 1.807) is 11.8 Å². The Kier molecular flexibility index (Phi) is 4.49. The van der Waals surface area contributed by atoms with Crippen molar-refractivity contribution in [2.45, 2.75) is 31.6 Å². The predicted molar refractivity (Wildman–Crippen MR) is 83.6 cm³/mol. The molecule has 2 aromatic rings. The van der Waals surface area contributed by atoms with E-state index in [1.165, 1.54) is 4.90 Å². The van der Waals surface area contributed by atoms with Crippen LogP contribution in [0.2, 0.25) is 0 Å². The number of ether oxygens (including phenoxy) is 1. The van der Waals surface area contributed by atoms with Gasteiger partial charge < -0.3 is 10.5 Å². The maximum atomic E-state index is 5.92. The molecule has 1 aromatic carbocycles. The SMILES string of the molecule is CSc1ccc(Oc2nc(C(C)C)nc(N)c2C)cc1. The van der Waals surface area contributed by atoms with Crippen molar-refractivity contribution in [3.05, 3.63) is 35.7 Å². The molecule has 0 aliphatic rings. The Hall–Kier alpha value is -1.75. The van der Waals surface area contributed by atoms with Crippen molar-refractivity contribution in [2.75, 3.05) is 12.0 Å². The summed E-state index contributed by atoms with van der Waals surface area (Å²) in [5.41, 5.74) is 6.69. The smallest absolute Gasteiger partial charge is 0.227 e. The first-order chi connectivity index (χ1) is 9.51. The van der Waals surface area contributed by atoms with Crippen LogP contribution >= 0.6 is 11.8 Å². The lowest BCUT2D eigenvalue weighted by molar-refractivity contribution is 0.453. The van der Waals surface area contributed by atoms with Gasteiger partial charge in [0.2, 0.25) is 5.88 Å². The van der Waals surface area contributed by atoms with Crippen molar-refractivity contribution in [3.8, 4) is 11.6 Å². The summed E-state index contributed by atoms with van der Waals surface area (Å²) in [5.74, 6) is 2.65. The second kappa shape index (κ2) is 6.13. The van der Waals surface area contributed by atoms with Gasteiger partial charge in [-0.05, 0) is 37.4 Å². The van der Waals surface area contributed by atoms with Crippen molar-refractivity contribution < 1.29 is 4.74 Å². The minimum absolute atomic E-state index is 0.208. The molecular weight excluding hydrogens is 270 g/mol. The maximum absolute atomic E-state index is 5.92. The van der Waals surface area contributed by atoms with E-state index in [0.717, 1.165) is 11.3 Å². The van der Waals surface area contributed by atoms with E-state index in [-0.39, 0.29) is 5.92 Å². The minimum atomic E-state index is 0.208. The summed E-state index contributed by atoms with van der Waals surface area (Å²) in [5, 5.41) is 0. The second-order valence-electron chi connectivity index (χ2n) is 4.83. The van der Waals surface area contributed by atoms with Gasteiger partial charge >= 0.3 is 0 Å². The zero-order chi connectivity index (χ0) is 14.7. The van der Waals surface area contributed by atoms with Gasteiger partial charge in [-0.25, -0.2) is 4.98 Å². The topological polar surface area (TPSA) is 61.0 Å². The van der Waals surface area contributed by atoms with E-state index < -0.39 is 0 Å². The molecule has 0 amide bonds. The molecule has 0 bridgehead atoms. The van der Waals surface area contributed by atoms with Crippen molar-refractivity contribution in [3.63, 3.8) is 0 Å². The fourth-order valence-corrected chi connectivity index (χ4v) is 2.05. The van der Waals surface area contributed by atoms with Crippen LogP contribution in [0, 0.1) is 6.92 Å². The van der Waals surface area contributed by atoms with Crippen LogP contribution in [-0.4, -0.2) is 16.2 Å². The fraction of sp³-hybridized carbons (Fsp3) is 0.333. The minimum Gasteiger partial charge on any atom is -0.439 e. The summed E-state index contributed by atoms with van der Waals surface area (Å²) < 4.78 is 5.84. The molecule has 0 saturated carbocycles. The second-order valence-corrected chi connectivity index (χ2v) is 5.71. The summed E-state index contributed by atoms with van der Waals surface area (Å²) >= 11 is 1.69. The molecule has 106 valence electrons. The number of thioether (sulfide) groups is 1. The van der Waals surface area contributed by atoms with Crippen molar-refractivity contribution in [1.29, 1.82) is 0 Å². The van der Waals surface area contributed by atoms with Crippen LogP contribution in [0.3, 0.4) is 0 Å². The van der Waals surface area contributed by atoms with E-state index >= 15 is 0 Å². The highest BCUT2D eigenvalue weighted by Crippen LogP contribution is 2.28. The summed E-state index contributed by atoms with van der Waals surface area (Å²) in [7, 11) is 0. The number of hydrogen-bond donors (Lipinski definition) is 1. The van der Waals surface area contributed by atoms with E-state index in [4.69, 9.17) is 10.5 Å². The Bertz CT molecular complexity index is 597. The molecular formula is C15H19N3OS. The molecule has 0 radical (unpaired) electrons. The Morgan fingerprint density at radius 2 is 1.80 bits per heavy atom. The maximum Gasteiger partial charge on any atom is 0.227 e. The molecule has 0 fully saturated rings. The Morgan fingerprint density at radius 1 is 1.15 bits per heavy atom. The third kappa shape index (κ3) is 3.22. The number of nitrogen functional groups attached to an aromatic ring is 1. The van der Waals surface area contributed by atoms with Crippen molar-refractivity contribution >= 4 is 17.6 Å². The first-order valence-corrected chi connectivity index (χ1v) is 7.69. The molecule has 0 atom stereocenters. The molecule has 0 saturated heterocycles. The average molecular weight is 289 g/mol. The molecule has 2 N–H and O–H groups in total. The largest absolute Gasteiger partial charge is 0.439 e. The number of nitrogens with two attached hydrogens (primary N) is 1. The average Bonchev–Trinajstić information content (AvgIpc) is 2.44. The number of benzene rings is 1. The van der Waals surface area contributed by atoms with Gasteiger partial charge in [0.15, 0.2) is 0 Å². The van der Waals surface area contributed by atoms with Crippen LogP contribution < -0.4 is 10.5 Å². The summed E-state index contributed by atoms with van der Waals surface area (Å²) in [6.45, 7) is 5.92. The van der Waals surface area contributed by atoms with Crippen molar-refractivity contribution in [2.24, 2.45) is 0 Å². The van der Waals surface area contributed by atoms with Gasteiger partial charge in [-0.15, -0.1) is 11.8 Å². The van der Waals surface area contributed by atoms with Gasteiger partial charge in [0, 0.05) is 10.8 Å². The molecule has 0 aliphatic carbocycles. The van der Waals surface area contributed by atoms with Crippen molar-refractivity contribution in [1.82, 2.24) is 9.97 Å². The van der Waals surface area contributed by atoms with Gasteiger partial charge in [0.05, 0.1) is 5.56 Å². The molecule has 2 rings (SSSR count). The van der Waals surface area contributed by atoms with Crippen LogP contribution in [0.4, 0.5) is 5.82 Å². The lowest BCUT2D eigenvalue weighted by atomic mass is 10.2. The number of aromatic nitrogens is 2. The third-order valence-corrected chi connectivity index (χ3v) is 3.69. The summed E-state index contributed by atoms with van der Waals surface area (Å²) in [6, 6.07) is 7.89. The molecule has 0 spiro atoms. The number of anilines is 1. The van der Waals surface area contributed by atoms with Gasteiger partial charge in [-0.2, -0.15) is 4.98 Å². The Balaban J connectivity index is 2.31. The molecule has 1 aromatic heterocycles. The van der Waals surface area contributed by atoms with Gasteiger partial charge in [-0.3, -0.25) is 0 Å². The lowest BCUT2D eigenvalue weighted by Gasteiger charge is -2.12. The highest BCUT2D eigenvalue weighted by atomic mass is 32.2. The summed E-state index contributed by atoms with van der Waals surface area (Å²) in [4.78, 5) is 9.93. The van der Waals surface area contributed by atoms with Crippen LogP contribution in [0.5, 0.6) is 11.6 Å². The monoisotopic (exact) mass is 289 g/mol. The normalized spacial score (nSPS) is 10.8. The molecule has 5 heteroatoms. The quantitative estimate of drug-likeness (QED) is 0.862. The highest BCUT2D eigenvalue weighted by Gasteiger charge is 2.13. The number of hydrogen-bond acceptors (Lipinski definition) is 5. The van der Waals surface area contributed by atoms with E-state index in [2.05, 4.69) is 9.97 Å². The van der Waals surface area contributed by atoms with Crippen LogP contribution in [0.25, 0.3) is 0 Å². The molecule has 1 heterocycles. The van der Waals surface area contributed by atoms with Gasteiger partial charge in [0.25, 0.3) is 0 Å². The van der Waals surface area contributed by atoms with Gasteiger partial charge in [-0.1, -0.05) is 13.8 Å². The van der Waals surface area contributed by atoms with Crippen LogP contribution in [-0.2, 0) is 0 Å². The first-order valence-electron chi connectivity index (χ1n) is 6.47. The van der Waals surface area contributed by atoms with Crippen LogP contribution in [0.1, 0.15) is 31.2 Å². The zero-order valence-corrected chi connectivity index (χ0v) is 13.0. The number of nitrogens with zero attached hydrogens (tertiary/aromatic N) is 2. The Morgan fingerprint density at radius 3 is 2.35 bits per heavy atom. The Labute approximate surface area is 123 Å². The highest BCUT2D eigenvalue weighted by molar-refractivity contribution is 7.98. The lowest BCUT2D eigenvalue weighted by Crippen LogP contribution is -2.06. The summed E-state index contributed by atoms with van der Waals surface area (Å²) in [6.07, 6.45) is 2.04. The molecule has 0 unspecified atom stereocenters. The van der Waals surface area contributed by atoms with E-state index in [1.807, 2.05) is 51.3 Å². The molecule has 4 nitrogen and oxygen atoms in total. The van der Waals surface area contributed by atoms with Gasteiger partial charge in [0.1, 0.15) is 17.4 Å². The number of rotatable bonds is 4.